The average molecular weight is 540 g/mol. The van der Waals surface area contributed by atoms with Gasteiger partial charge in [-0.3, -0.25) is 4.79 Å². The maximum atomic E-state index is 12.4. The van der Waals surface area contributed by atoms with Gasteiger partial charge in [0.05, 0.1) is 30.9 Å². The molecule has 16 nitrogen and oxygen atoms in total. The van der Waals surface area contributed by atoms with Gasteiger partial charge in [-0.25, -0.2) is 0 Å². The van der Waals surface area contributed by atoms with Crippen LogP contribution in [0.2, 0.25) is 0 Å². The molecule has 0 aromatic carbocycles. The lowest BCUT2D eigenvalue weighted by Crippen LogP contribution is -2.67. The van der Waals surface area contributed by atoms with E-state index in [1.54, 1.807) is 0 Å². The summed E-state index contributed by atoms with van der Waals surface area (Å²) < 4.78 is 23.0. The Hall–Kier alpha value is -1.09. The maximum Gasteiger partial charge on any atom is 0.249 e. The molecule has 2 aliphatic heterocycles. The zero-order chi connectivity index (χ0) is 27.4. The molecule has 1 amide bonds. The molecule has 3 rings (SSSR count). The number of nitrogens with two attached hydrogens (primary N) is 4. The summed E-state index contributed by atoms with van der Waals surface area (Å²) >= 11 is 0. The van der Waals surface area contributed by atoms with Gasteiger partial charge in [0, 0.05) is 19.0 Å². The number of nitrogens with one attached hydrogen (secondary N) is 1. The summed E-state index contributed by atoms with van der Waals surface area (Å²) in [5.41, 5.74) is 23.5. The fraction of sp³-hybridized carbons (Fsp3) is 0.952. The lowest BCUT2D eigenvalue weighted by atomic mass is 9.83. The Morgan fingerprint density at radius 2 is 1.65 bits per heavy atom. The molecule has 1 aliphatic carbocycles. The third kappa shape index (κ3) is 6.92. The van der Waals surface area contributed by atoms with Gasteiger partial charge in [0.25, 0.3) is 0 Å². The van der Waals surface area contributed by atoms with Crippen molar-refractivity contribution in [1.29, 1.82) is 0 Å². The van der Waals surface area contributed by atoms with Crippen LogP contribution in [-0.2, 0) is 23.7 Å². The number of rotatable bonds is 10. The van der Waals surface area contributed by atoms with E-state index in [0.717, 1.165) is 0 Å². The number of carbonyl (C=O) groups is 1. The molecule has 14 atom stereocenters. The fourth-order valence-electron chi connectivity index (χ4n) is 4.79. The average Bonchev–Trinajstić information content (AvgIpc) is 3.14. The van der Waals surface area contributed by atoms with Crippen LogP contribution in [0.4, 0.5) is 0 Å². The maximum absolute atomic E-state index is 12.4. The highest BCUT2D eigenvalue weighted by atomic mass is 16.7. The van der Waals surface area contributed by atoms with E-state index in [9.17, 15) is 35.4 Å². The number of ether oxygens (including phenoxy) is 4. The molecule has 1 saturated carbocycles. The molecule has 0 bridgehead atoms. The molecule has 2 heterocycles. The number of amides is 1. The number of hydrogen-bond acceptors (Lipinski definition) is 15. The van der Waals surface area contributed by atoms with Crippen molar-refractivity contribution >= 4 is 5.91 Å². The van der Waals surface area contributed by atoms with Gasteiger partial charge < -0.3 is 77.8 Å². The molecule has 9 unspecified atom stereocenters. The highest BCUT2D eigenvalue weighted by molar-refractivity contribution is 5.80. The Balaban J connectivity index is 1.82. The number of hydrogen-bond donors (Lipinski definition) is 11. The van der Waals surface area contributed by atoms with Crippen LogP contribution >= 0.6 is 0 Å². The first-order chi connectivity index (χ1) is 17.5. The Kier molecular flexibility index (Phi) is 11.0. The first-order valence-electron chi connectivity index (χ1n) is 12.4. The summed E-state index contributed by atoms with van der Waals surface area (Å²) in [4.78, 5) is 12.4. The normalized spacial score (nSPS) is 45.5. The molecule has 15 N–H and O–H groups in total. The molecule has 0 aromatic heterocycles. The molecule has 3 aliphatic rings. The van der Waals surface area contributed by atoms with Crippen molar-refractivity contribution in [1.82, 2.24) is 5.32 Å². The predicted molar refractivity (Wildman–Crippen MR) is 124 cm³/mol. The first kappa shape index (κ1) is 30.5. The van der Waals surface area contributed by atoms with E-state index in [1.165, 1.54) is 0 Å². The smallest absolute Gasteiger partial charge is 0.249 e. The van der Waals surface area contributed by atoms with Gasteiger partial charge >= 0.3 is 0 Å². The molecule has 16 heteroatoms. The third-order valence-corrected chi connectivity index (χ3v) is 7.02. The third-order valence-electron chi connectivity index (χ3n) is 7.02. The van der Waals surface area contributed by atoms with Crippen LogP contribution in [0.3, 0.4) is 0 Å². The van der Waals surface area contributed by atoms with E-state index >= 15 is 0 Å². The molecule has 3 fully saturated rings. The van der Waals surface area contributed by atoms with Crippen LogP contribution in [0.15, 0.2) is 0 Å². The van der Waals surface area contributed by atoms with Crippen LogP contribution in [0, 0.1) is 0 Å². The molecule has 0 aromatic rings. The number of carbonyl (C=O) groups excluding carboxylic acids is 1. The van der Waals surface area contributed by atoms with E-state index in [2.05, 4.69) is 5.32 Å². The van der Waals surface area contributed by atoms with Crippen LogP contribution in [0.25, 0.3) is 0 Å². The summed E-state index contributed by atoms with van der Waals surface area (Å²) in [5.74, 6) is -0.778. The zero-order valence-electron chi connectivity index (χ0n) is 20.4. The molecule has 216 valence electrons. The van der Waals surface area contributed by atoms with Crippen molar-refractivity contribution in [3.63, 3.8) is 0 Å². The topological polar surface area (TPSA) is 291 Å². The van der Waals surface area contributed by atoms with E-state index in [0.29, 0.717) is 0 Å². The van der Waals surface area contributed by atoms with Crippen molar-refractivity contribution in [2.75, 3.05) is 19.7 Å². The van der Waals surface area contributed by atoms with Gasteiger partial charge in [0.15, 0.2) is 12.6 Å². The van der Waals surface area contributed by atoms with Crippen molar-refractivity contribution in [3.8, 4) is 0 Å². The largest absolute Gasteiger partial charge is 0.394 e. The second kappa shape index (κ2) is 13.3. The van der Waals surface area contributed by atoms with E-state index in [-0.39, 0.29) is 32.4 Å². The van der Waals surface area contributed by atoms with E-state index < -0.39 is 98.2 Å². The van der Waals surface area contributed by atoms with Crippen molar-refractivity contribution < 1.29 is 54.4 Å². The minimum Gasteiger partial charge on any atom is -0.394 e. The quantitative estimate of drug-likeness (QED) is 0.123. The molecule has 2 saturated heterocycles. The monoisotopic (exact) mass is 539 g/mol. The summed E-state index contributed by atoms with van der Waals surface area (Å²) in [5, 5.41) is 63.8. The predicted octanol–water partition coefficient (Wildman–Crippen LogP) is -6.76. The highest BCUT2D eigenvalue weighted by Crippen LogP contribution is 2.32. The SMILES string of the molecule is NCCC(O)C(=O)N[C@@H]1CC(N)[C@@H](O[C@H]2OC(CN)CC(O)C2N)C(O[C@@H]2O[C@H](CO)C(O)C2O)C1O. The van der Waals surface area contributed by atoms with Gasteiger partial charge in [-0.15, -0.1) is 0 Å². The van der Waals surface area contributed by atoms with Gasteiger partial charge in [0.1, 0.15) is 42.7 Å². The van der Waals surface area contributed by atoms with Crippen molar-refractivity contribution in [2.24, 2.45) is 22.9 Å². The van der Waals surface area contributed by atoms with Crippen molar-refractivity contribution in [3.05, 3.63) is 0 Å². The Morgan fingerprint density at radius 3 is 2.24 bits per heavy atom. The Morgan fingerprint density at radius 1 is 0.973 bits per heavy atom. The minimum atomic E-state index is -1.58. The lowest BCUT2D eigenvalue weighted by Gasteiger charge is -2.47. The van der Waals surface area contributed by atoms with Crippen LogP contribution in [0.1, 0.15) is 19.3 Å². The summed E-state index contributed by atoms with van der Waals surface area (Å²) in [6.45, 7) is -0.457. The molecule has 0 radical (unpaired) electrons. The second-order valence-electron chi connectivity index (χ2n) is 9.75. The van der Waals surface area contributed by atoms with Gasteiger partial charge in [-0.05, 0) is 19.4 Å². The second-order valence-corrected chi connectivity index (χ2v) is 9.75. The molecular weight excluding hydrogens is 498 g/mol. The lowest BCUT2D eigenvalue weighted by molar-refractivity contribution is -0.294. The molecule has 37 heavy (non-hydrogen) atoms. The first-order valence-corrected chi connectivity index (χ1v) is 12.4. The standard InChI is InChI=1S/C21H41N5O11/c22-2-1-10(28)19(33)26-9-4-8(24)17(36-20-13(25)11(29)3-7(5-23)34-20)18(14(9)30)37-21-16(32)15(31)12(6-27)35-21/h7-18,20-21,27-32H,1-6,22-25H2,(H,26,33)/t7?,8?,9-,10?,11?,12-,13?,14?,15?,16?,17-,18?,20-,21+/m1/s1. The fourth-order valence-corrected chi connectivity index (χ4v) is 4.79. The zero-order valence-corrected chi connectivity index (χ0v) is 20.4. The summed E-state index contributed by atoms with van der Waals surface area (Å²) in [6, 6.07) is -2.90. The van der Waals surface area contributed by atoms with E-state index in [1.807, 2.05) is 0 Å². The van der Waals surface area contributed by atoms with Crippen LogP contribution in [-0.4, -0.2) is 142 Å². The summed E-state index contributed by atoms with van der Waals surface area (Å²) in [7, 11) is 0. The highest BCUT2D eigenvalue weighted by Gasteiger charge is 2.52. The minimum absolute atomic E-state index is 0.00352. The molecule has 0 spiro atoms. The van der Waals surface area contributed by atoms with Gasteiger partial charge in [-0.2, -0.15) is 0 Å². The Labute approximate surface area is 213 Å². The number of aliphatic hydroxyl groups excluding tert-OH is 6. The van der Waals surface area contributed by atoms with Crippen molar-refractivity contribution in [2.45, 2.75) is 105 Å². The summed E-state index contributed by atoms with van der Waals surface area (Å²) in [6.07, 6.45) is -13.7. The molecular formula is C21H41N5O11. The Bertz CT molecular complexity index is 741. The van der Waals surface area contributed by atoms with Crippen LogP contribution < -0.4 is 28.3 Å². The van der Waals surface area contributed by atoms with Gasteiger partial charge in [-0.1, -0.05) is 0 Å². The van der Waals surface area contributed by atoms with Crippen LogP contribution in [0.5, 0.6) is 0 Å². The van der Waals surface area contributed by atoms with Gasteiger partial charge in [0.2, 0.25) is 5.91 Å². The van der Waals surface area contributed by atoms with E-state index in [4.69, 9.17) is 41.9 Å². The number of aliphatic hydroxyl groups is 6.